The van der Waals surface area contributed by atoms with Crippen molar-refractivity contribution in [3.05, 3.63) is 11.3 Å². The summed E-state index contributed by atoms with van der Waals surface area (Å²) < 4.78 is 10.2. The molecule has 0 aromatic carbocycles. The summed E-state index contributed by atoms with van der Waals surface area (Å²) in [6, 6.07) is 0. The summed E-state index contributed by atoms with van der Waals surface area (Å²) in [4.78, 5) is 11.1. The Kier molecular flexibility index (Phi) is 1.37. The average molecular weight is 154 g/mol. The van der Waals surface area contributed by atoms with Gasteiger partial charge in [0.25, 0.3) is 0 Å². The zero-order chi connectivity index (χ0) is 7.84. The Hall–Kier alpha value is -0.990. The summed E-state index contributed by atoms with van der Waals surface area (Å²) in [5.41, 5.74) is 0.753. The zero-order valence-corrected chi connectivity index (χ0v) is 6.42. The maximum absolute atomic E-state index is 11.1. The summed E-state index contributed by atoms with van der Waals surface area (Å²) in [5.74, 6) is 0.671. The fourth-order valence-electron chi connectivity index (χ4n) is 1.51. The van der Waals surface area contributed by atoms with E-state index in [9.17, 15) is 4.79 Å². The van der Waals surface area contributed by atoms with Crippen molar-refractivity contribution in [2.75, 3.05) is 0 Å². The van der Waals surface area contributed by atoms with Crippen LogP contribution in [0.2, 0.25) is 0 Å². The molecule has 11 heavy (non-hydrogen) atoms. The number of hydrogen-bond acceptors (Lipinski definition) is 3. The molecule has 1 atom stereocenters. The third-order valence-electron chi connectivity index (χ3n) is 1.99. The normalized spacial score (nSPS) is 29.5. The molecule has 0 aromatic rings. The molecule has 0 N–H and O–H groups in total. The molecule has 1 unspecified atom stereocenters. The van der Waals surface area contributed by atoms with Crippen molar-refractivity contribution < 1.29 is 14.3 Å². The lowest BCUT2D eigenvalue weighted by Gasteiger charge is -2.21. The Bertz CT molecular complexity index is 229. The lowest BCUT2D eigenvalue weighted by molar-refractivity contribution is -0.170. The highest BCUT2D eigenvalue weighted by Crippen LogP contribution is 2.32. The minimum atomic E-state index is -0.389. The topological polar surface area (TPSA) is 35.5 Å². The molecule has 0 aromatic heterocycles. The van der Waals surface area contributed by atoms with Crippen LogP contribution < -0.4 is 0 Å². The number of ether oxygens (including phenoxy) is 2. The smallest absolute Gasteiger partial charge is 0.340 e. The first-order valence-electron chi connectivity index (χ1n) is 3.87. The van der Waals surface area contributed by atoms with Gasteiger partial charge in [-0.05, 0) is 12.8 Å². The summed E-state index contributed by atoms with van der Waals surface area (Å²) in [5, 5.41) is 0. The lowest BCUT2D eigenvalue weighted by Crippen LogP contribution is -2.24. The van der Waals surface area contributed by atoms with Crippen molar-refractivity contribution in [3.8, 4) is 0 Å². The first-order chi connectivity index (χ1) is 5.27. The number of carbonyl (C=O) groups excluding carboxylic acids is 1. The molecule has 0 saturated heterocycles. The minimum Gasteiger partial charge on any atom is -0.459 e. The summed E-state index contributed by atoms with van der Waals surface area (Å²) in [6.07, 6.45) is 2.35. The van der Waals surface area contributed by atoms with E-state index in [1.54, 1.807) is 6.92 Å². The van der Waals surface area contributed by atoms with Gasteiger partial charge in [0, 0.05) is 13.3 Å². The van der Waals surface area contributed by atoms with Crippen molar-refractivity contribution in [3.63, 3.8) is 0 Å². The molecular formula is C8H10O3. The third kappa shape index (κ3) is 1.00. The lowest BCUT2D eigenvalue weighted by atomic mass is 10.2. The van der Waals surface area contributed by atoms with Crippen molar-refractivity contribution >= 4 is 5.97 Å². The number of hydrogen-bond donors (Lipinski definition) is 0. The molecule has 0 amide bonds. The fourth-order valence-corrected chi connectivity index (χ4v) is 1.51. The highest BCUT2D eigenvalue weighted by Gasteiger charge is 2.30. The number of cyclic esters (lactones) is 1. The molecule has 1 aliphatic heterocycles. The molecule has 1 aliphatic carbocycles. The van der Waals surface area contributed by atoms with Crippen molar-refractivity contribution in [1.82, 2.24) is 0 Å². The predicted octanol–water partition coefficient (Wildman–Crippen LogP) is 1.34. The van der Waals surface area contributed by atoms with Crippen molar-refractivity contribution in [2.45, 2.75) is 32.5 Å². The maximum Gasteiger partial charge on any atom is 0.340 e. The SMILES string of the molecule is CC1OC(=O)C2=C(CCC2)O1. The Balaban J connectivity index is 2.28. The van der Waals surface area contributed by atoms with E-state index in [0.717, 1.165) is 30.6 Å². The van der Waals surface area contributed by atoms with E-state index in [2.05, 4.69) is 0 Å². The number of allylic oxidation sites excluding steroid dienone is 1. The van der Waals surface area contributed by atoms with Gasteiger partial charge in [0.05, 0.1) is 5.57 Å². The van der Waals surface area contributed by atoms with Gasteiger partial charge in [-0.15, -0.1) is 0 Å². The van der Waals surface area contributed by atoms with Crippen LogP contribution in [0.25, 0.3) is 0 Å². The molecular weight excluding hydrogens is 144 g/mol. The van der Waals surface area contributed by atoms with Gasteiger partial charge in [-0.25, -0.2) is 4.79 Å². The number of rotatable bonds is 0. The highest BCUT2D eigenvalue weighted by atomic mass is 16.7. The van der Waals surface area contributed by atoms with Gasteiger partial charge in [0.1, 0.15) is 5.76 Å². The molecule has 2 aliphatic rings. The van der Waals surface area contributed by atoms with Crippen LogP contribution in [-0.2, 0) is 14.3 Å². The quantitative estimate of drug-likeness (QED) is 0.494. The van der Waals surface area contributed by atoms with Gasteiger partial charge >= 0.3 is 5.97 Å². The Morgan fingerprint density at radius 1 is 1.36 bits per heavy atom. The molecule has 60 valence electrons. The Morgan fingerprint density at radius 3 is 3.00 bits per heavy atom. The van der Waals surface area contributed by atoms with E-state index in [-0.39, 0.29) is 12.3 Å². The van der Waals surface area contributed by atoms with Crippen LogP contribution in [-0.4, -0.2) is 12.3 Å². The average Bonchev–Trinajstić information content (AvgIpc) is 2.34. The van der Waals surface area contributed by atoms with Gasteiger partial charge in [0.15, 0.2) is 0 Å². The molecule has 0 fully saturated rings. The van der Waals surface area contributed by atoms with Crippen LogP contribution in [0.5, 0.6) is 0 Å². The number of carbonyl (C=O) groups is 1. The van der Waals surface area contributed by atoms with E-state index in [1.165, 1.54) is 0 Å². The zero-order valence-electron chi connectivity index (χ0n) is 6.42. The van der Waals surface area contributed by atoms with E-state index >= 15 is 0 Å². The third-order valence-corrected chi connectivity index (χ3v) is 1.99. The Morgan fingerprint density at radius 2 is 2.18 bits per heavy atom. The maximum atomic E-state index is 11.1. The molecule has 3 heteroatoms. The van der Waals surface area contributed by atoms with E-state index in [4.69, 9.17) is 9.47 Å². The van der Waals surface area contributed by atoms with Gasteiger partial charge < -0.3 is 9.47 Å². The molecule has 0 radical (unpaired) electrons. The molecule has 0 spiro atoms. The van der Waals surface area contributed by atoms with Gasteiger partial charge in [-0.3, -0.25) is 0 Å². The second kappa shape index (κ2) is 2.26. The Labute approximate surface area is 65.0 Å². The molecule has 0 saturated carbocycles. The summed E-state index contributed by atoms with van der Waals surface area (Å²) in [7, 11) is 0. The molecule has 2 rings (SSSR count). The molecule has 3 nitrogen and oxygen atoms in total. The van der Waals surface area contributed by atoms with Gasteiger partial charge in [0.2, 0.25) is 6.29 Å². The van der Waals surface area contributed by atoms with Crippen LogP contribution in [0.1, 0.15) is 26.2 Å². The van der Waals surface area contributed by atoms with Crippen LogP contribution in [0.3, 0.4) is 0 Å². The van der Waals surface area contributed by atoms with Crippen molar-refractivity contribution in [2.24, 2.45) is 0 Å². The highest BCUT2D eigenvalue weighted by molar-refractivity contribution is 5.90. The van der Waals surface area contributed by atoms with Crippen LogP contribution in [0.15, 0.2) is 11.3 Å². The van der Waals surface area contributed by atoms with Gasteiger partial charge in [-0.1, -0.05) is 0 Å². The summed E-state index contributed by atoms with van der Waals surface area (Å²) in [6.45, 7) is 1.74. The monoisotopic (exact) mass is 154 g/mol. The second-order valence-electron chi connectivity index (χ2n) is 2.85. The molecule has 0 bridgehead atoms. The van der Waals surface area contributed by atoms with E-state index < -0.39 is 0 Å². The number of esters is 1. The van der Waals surface area contributed by atoms with Crippen LogP contribution >= 0.6 is 0 Å². The van der Waals surface area contributed by atoms with E-state index in [0.29, 0.717) is 0 Å². The van der Waals surface area contributed by atoms with E-state index in [1.807, 2.05) is 0 Å². The minimum absolute atomic E-state index is 0.184. The van der Waals surface area contributed by atoms with Crippen molar-refractivity contribution in [1.29, 1.82) is 0 Å². The first kappa shape index (κ1) is 6.70. The largest absolute Gasteiger partial charge is 0.459 e. The second-order valence-corrected chi connectivity index (χ2v) is 2.85. The van der Waals surface area contributed by atoms with Crippen LogP contribution in [0.4, 0.5) is 0 Å². The fraction of sp³-hybridized carbons (Fsp3) is 0.625. The standard InChI is InChI=1S/C8H10O3/c1-5-10-7-4-2-3-6(7)8(9)11-5/h5H,2-4H2,1H3. The first-order valence-corrected chi connectivity index (χ1v) is 3.87. The predicted molar refractivity (Wildman–Crippen MR) is 37.5 cm³/mol. The van der Waals surface area contributed by atoms with Crippen LogP contribution in [0, 0.1) is 0 Å². The summed E-state index contributed by atoms with van der Waals surface area (Å²) >= 11 is 0. The van der Waals surface area contributed by atoms with Gasteiger partial charge in [-0.2, -0.15) is 0 Å². The molecule has 1 heterocycles.